The largest absolute Gasteiger partial charge is 0.372 e. The Balaban J connectivity index is 1.85. The van der Waals surface area contributed by atoms with Crippen molar-refractivity contribution < 1.29 is 4.79 Å². The van der Waals surface area contributed by atoms with Gasteiger partial charge in [0.15, 0.2) is 0 Å². The predicted octanol–water partition coefficient (Wildman–Crippen LogP) is 2.82. The van der Waals surface area contributed by atoms with Crippen LogP contribution in [0.1, 0.15) is 50.1 Å². The summed E-state index contributed by atoms with van der Waals surface area (Å²) in [5.74, 6) is -0.0146. The van der Waals surface area contributed by atoms with Crippen LogP contribution in [0, 0.1) is 0 Å². The second kappa shape index (κ2) is 5.68. The average Bonchev–Trinajstić information content (AvgIpc) is 2.74. The zero-order valence-electron chi connectivity index (χ0n) is 13.0. The van der Waals surface area contributed by atoms with Crippen LogP contribution in [0.5, 0.6) is 0 Å². The minimum absolute atomic E-state index is 0.0146. The first kappa shape index (κ1) is 14.4. The molecule has 1 aliphatic carbocycles. The Hall–Kier alpha value is -1.55. The maximum absolute atomic E-state index is 12.0. The van der Waals surface area contributed by atoms with Crippen molar-refractivity contribution in [3.05, 3.63) is 23.8 Å². The van der Waals surface area contributed by atoms with Crippen molar-refractivity contribution in [2.75, 3.05) is 23.9 Å². The third kappa shape index (κ3) is 2.53. The molecule has 1 saturated carbocycles. The monoisotopic (exact) mass is 287 g/mol. The third-order valence-electron chi connectivity index (χ3n) is 5.09. The molecule has 2 N–H and O–H groups in total. The molecular weight excluding hydrogens is 262 g/mol. The van der Waals surface area contributed by atoms with Gasteiger partial charge in [0.2, 0.25) is 5.91 Å². The molecule has 2 aliphatic rings. The van der Waals surface area contributed by atoms with Crippen LogP contribution < -0.4 is 15.5 Å². The Kier molecular flexibility index (Phi) is 3.89. The minimum atomic E-state index is -0.498. The summed E-state index contributed by atoms with van der Waals surface area (Å²) < 4.78 is 0. The molecule has 1 fully saturated rings. The van der Waals surface area contributed by atoms with Crippen LogP contribution in [0.25, 0.3) is 0 Å². The van der Waals surface area contributed by atoms with Gasteiger partial charge in [-0.05, 0) is 25.0 Å². The standard InChI is InChI=1S/C17H25N3O/c1-19(12-7-5-3-4-6-8-12)13-9-10-14-15(11-13)20(2)17(21)16(14)18/h9-12,16H,3-8,18H2,1-2H3. The lowest BCUT2D eigenvalue weighted by molar-refractivity contribution is -0.118. The fourth-order valence-electron chi connectivity index (χ4n) is 3.62. The van der Waals surface area contributed by atoms with Gasteiger partial charge in [0.1, 0.15) is 6.04 Å². The fourth-order valence-corrected chi connectivity index (χ4v) is 3.62. The van der Waals surface area contributed by atoms with Crippen LogP contribution >= 0.6 is 0 Å². The maximum atomic E-state index is 12.0. The first-order valence-corrected chi connectivity index (χ1v) is 7.99. The highest BCUT2D eigenvalue weighted by Crippen LogP contribution is 2.37. The number of nitrogens with two attached hydrogens (primary N) is 1. The Morgan fingerprint density at radius 3 is 2.52 bits per heavy atom. The van der Waals surface area contributed by atoms with Crippen LogP contribution in [-0.2, 0) is 4.79 Å². The Labute approximate surface area is 126 Å². The van der Waals surface area contributed by atoms with Gasteiger partial charge < -0.3 is 15.5 Å². The summed E-state index contributed by atoms with van der Waals surface area (Å²) in [4.78, 5) is 16.0. The van der Waals surface area contributed by atoms with E-state index in [1.54, 1.807) is 4.90 Å². The fraction of sp³-hybridized carbons (Fsp3) is 0.588. The summed E-state index contributed by atoms with van der Waals surface area (Å²) in [5.41, 5.74) is 9.06. The van der Waals surface area contributed by atoms with E-state index in [4.69, 9.17) is 5.73 Å². The lowest BCUT2D eigenvalue weighted by Crippen LogP contribution is -2.31. The predicted molar refractivity (Wildman–Crippen MR) is 86.7 cm³/mol. The molecule has 1 atom stereocenters. The molecule has 114 valence electrons. The Bertz CT molecular complexity index is 535. The molecule has 1 aliphatic heterocycles. The average molecular weight is 287 g/mol. The number of anilines is 2. The number of carbonyl (C=O) groups excluding carboxylic acids is 1. The van der Waals surface area contributed by atoms with Crippen LogP contribution in [0.2, 0.25) is 0 Å². The maximum Gasteiger partial charge on any atom is 0.248 e. The van der Waals surface area contributed by atoms with E-state index in [1.165, 1.54) is 44.2 Å². The van der Waals surface area contributed by atoms with E-state index in [-0.39, 0.29) is 5.91 Å². The van der Waals surface area contributed by atoms with E-state index in [0.29, 0.717) is 6.04 Å². The van der Waals surface area contributed by atoms with Gasteiger partial charge in [0.05, 0.1) is 5.69 Å². The van der Waals surface area contributed by atoms with Crippen molar-refractivity contribution in [3.63, 3.8) is 0 Å². The van der Waals surface area contributed by atoms with Gasteiger partial charge >= 0.3 is 0 Å². The molecule has 0 spiro atoms. The van der Waals surface area contributed by atoms with Crippen LogP contribution in [0.15, 0.2) is 18.2 Å². The SMILES string of the molecule is CN1C(=O)C(N)c2ccc(N(C)C3CCCCCC3)cc21. The van der Waals surface area contributed by atoms with E-state index in [0.717, 1.165) is 11.3 Å². The highest BCUT2D eigenvalue weighted by molar-refractivity contribution is 6.04. The molecule has 4 heteroatoms. The second-order valence-corrected chi connectivity index (χ2v) is 6.37. The highest BCUT2D eigenvalue weighted by atomic mass is 16.2. The summed E-state index contributed by atoms with van der Waals surface area (Å²) in [7, 11) is 3.98. The van der Waals surface area contributed by atoms with Gasteiger partial charge in [0.25, 0.3) is 0 Å². The number of carbonyl (C=O) groups is 1. The summed E-state index contributed by atoms with van der Waals surface area (Å²) in [6.45, 7) is 0. The van der Waals surface area contributed by atoms with Crippen molar-refractivity contribution in [2.45, 2.75) is 50.6 Å². The number of hydrogen-bond acceptors (Lipinski definition) is 3. The lowest BCUT2D eigenvalue weighted by Gasteiger charge is -2.30. The molecule has 1 aromatic carbocycles. The van der Waals surface area contributed by atoms with Crippen LogP contribution in [-0.4, -0.2) is 26.0 Å². The van der Waals surface area contributed by atoms with E-state index in [2.05, 4.69) is 24.1 Å². The molecule has 0 bridgehead atoms. The molecule has 0 radical (unpaired) electrons. The number of fused-ring (bicyclic) bond motifs is 1. The molecule has 0 aromatic heterocycles. The van der Waals surface area contributed by atoms with Crippen LogP contribution in [0.3, 0.4) is 0 Å². The van der Waals surface area contributed by atoms with E-state index < -0.39 is 6.04 Å². The molecule has 1 heterocycles. The zero-order valence-corrected chi connectivity index (χ0v) is 13.0. The Morgan fingerprint density at radius 1 is 1.19 bits per heavy atom. The van der Waals surface area contributed by atoms with Gasteiger partial charge in [-0.2, -0.15) is 0 Å². The first-order valence-electron chi connectivity index (χ1n) is 7.99. The van der Waals surface area contributed by atoms with Gasteiger partial charge in [0, 0.05) is 31.4 Å². The topological polar surface area (TPSA) is 49.6 Å². The van der Waals surface area contributed by atoms with Crippen LogP contribution in [0.4, 0.5) is 11.4 Å². The van der Waals surface area contributed by atoms with Crippen molar-refractivity contribution in [3.8, 4) is 0 Å². The van der Waals surface area contributed by atoms with E-state index in [1.807, 2.05) is 13.1 Å². The summed E-state index contributed by atoms with van der Waals surface area (Å²) in [6, 6.07) is 6.36. The highest BCUT2D eigenvalue weighted by Gasteiger charge is 2.32. The van der Waals surface area contributed by atoms with Gasteiger partial charge in [-0.3, -0.25) is 4.79 Å². The molecule has 0 saturated heterocycles. The number of benzene rings is 1. The zero-order chi connectivity index (χ0) is 15.0. The molecule has 3 rings (SSSR count). The molecule has 4 nitrogen and oxygen atoms in total. The second-order valence-electron chi connectivity index (χ2n) is 6.37. The lowest BCUT2D eigenvalue weighted by atomic mass is 10.0. The van der Waals surface area contributed by atoms with Crippen molar-refractivity contribution in [2.24, 2.45) is 5.73 Å². The number of nitrogens with zero attached hydrogens (tertiary/aromatic N) is 2. The number of hydrogen-bond donors (Lipinski definition) is 1. The summed E-state index contributed by atoms with van der Waals surface area (Å²) in [5, 5.41) is 0. The first-order chi connectivity index (χ1) is 10.1. The molecule has 21 heavy (non-hydrogen) atoms. The number of likely N-dealkylation sites (N-methyl/N-ethyl adjacent to an activating group) is 1. The molecule has 1 aromatic rings. The van der Waals surface area contributed by atoms with Gasteiger partial charge in [-0.1, -0.05) is 31.7 Å². The summed E-state index contributed by atoms with van der Waals surface area (Å²) in [6.07, 6.45) is 7.90. The van der Waals surface area contributed by atoms with Crippen molar-refractivity contribution >= 4 is 17.3 Å². The summed E-state index contributed by atoms with van der Waals surface area (Å²) >= 11 is 0. The Morgan fingerprint density at radius 2 is 1.86 bits per heavy atom. The van der Waals surface area contributed by atoms with Gasteiger partial charge in [-0.15, -0.1) is 0 Å². The van der Waals surface area contributed by atoms with E-state index >= 15 is 0 Å². The smallest absolute Gasteiger partial charge is 0.248 e. The molecular formula is C17H25N3O. The molecule has 1 amide bonds. The minimum Gasteiger partial charge on any atom is -0.372 e. The number of amides is 1. The third-order valence-corrected chi connectivity index (χ3v) is 5.09. The quantitative estimate of drug-likeness (QED) is 0.851. The number of rotatable bonds is 2. The van der Waals surface area contributed by atoms with E-state index in [9.17, 15) is 4.79 Å². The van der Waals surface area contributed by atoms with Crippen molar-refractivity contribution in [1.29, 1.82) is 0 Å². The normalized spacial score (nSPS) is 23.1. The van der Waals surface area contributed by atoms with Gasteiger partial charge in [-0.25, -0.2) is 0 Å². The van der Waals surface area contributed by atoms with Crippen molar-refractivity contribution in [1.82, 2.24) is 0 Å². The molecule has 1 unspecified atom stereocenters.